The van der Waals surface area contributed by atoms with Gasteiger partial charge in [-0.25, -0.2) is 0 Å². The Bertz CT molecular complexity index is 621. The van der Waals surface area contributed by atoms with E-state index in [1.807, 2.05) is 0 Å². The van der Waals surface area contributed by atoms with Crippen LogP contribution in [-0.2, 0) is 12.8 Å². The van der Waals surface area contributed by atoms with Crippen LogP contribution in [0.5, 0.6) is 0 Å². The second-order valence-electron chi connectivity index (χ2n) is 7.30. The lowest BCUT2D eigenvalue weighted by Crippen LogP contribution is -2.41. The van der Waals surface area contributed by atoms with Crippen LogP contribution < -0.4 is 10.2 Å². The quantitative estimate of drug-likeness (QED) is 0.888. The van der Waals surface area contributed by atoms with Gasteiger partial charge in [-0.1, -0.05) is 48.9 Å². The lowest BCUT2D eigenvalue weighted by Gasteiger charge is -2.33. The first-order chi connectivity index (χ1) is 11.9. The van der Waals surface area contributed by atoms with Gasteiger partial charge in [-0.3, -0.25) is 0 Å². The summed E-state index contributed by atoms with van der Waals surface area (Å²) < 4.78 is 0. The van der Waals surface area contributed by atoms with Crippen molar-refractivity contribution in [3.63, 3.8) is 0 Å². The van der Waals surface area contributed by atoms with Crippen LogP contribution in [0.15, 0.2) is 54.6 Å². The topological polar surface area (TPSA) is 15.3 Å². The van der Waals surface area contributed by atoms with Gasteiger partial charge in [-0.05, 0) is 61.9 Å². The fraction of sp³-hybridized carbons (Fsp3) is 0.455. The summed E-state index contributed by atoms with van der Waals surface area (Å²) in [6.07, 6.45) is 7.69. The average Bonchev–Trinajstić information content (AvgIpc) is 3.07. The largest absolute Gasteiger partial charge is 0.368 e. The summed E-state index contributed by atoms with van der Waals surface area (Å²) in [4.78, 5) is 2.66. The van der Waals surface area contributed by atoms with Crippen LogP contribution in [0.2, 0.25) is 0 Å². The minimum atomic E-state index is 0.605. The van der Waals surface area contributed by atoms with Gasteiger partial charge in [0.15, 0.2) is 0 Å². The molecule has 2 heteroatoms. The third-order valence-electron chi connectivity index (χ3n) is 5.69. The van der Waals surface area contributed by atoms with Crippen molar-refractivity contribution in [3.05, 3.63) is 65.7 Å². The Morgan fingerprint density at radius 2 is 1.58 bits per heavy atom. The number of anilines is 1. The minimum Gasteiger partial charge on any atom is -0.368 e. The summed E-state index contributed by atoms with van der Waals surface area (Å²) in [6, 6.07) is 21.3. The molecule has 1 fully saturated rings. The van der Waals surface area contributed by atoms with Gasteiger partial charge in [0.25, 0.3) is 0 Å². The molecule has 1 aliphatic heterocycles. The SMILES string of the molecule is c1ccc(N(CC[C@@H]2CCCCN2)C2Cc3ccccc3C2)cc1. The highest BCUT2D eigenvalue weighted by Gasteiger charge is 2.27. The summed E-state index contributed by atoms with van der Waals surface area (Å²) in [7, 11) is 0. The normalized spacial score (nSPS) is 20.8. The number of hydrogen-bond acceptors (Lipinski definition) is 2. The van der Waals surface area contributed by atoms with Gasteiger partial charge >= 0.3 is 0 Å². The lowest BCUT2D eigenvalue weighted by molar-refractivity contribution is 0.379. The van der Waals surface area contributed by atoms with Crippen molar-refractivity contribution in [2.75, 3.05) is 18.0 Å². The van der Waals surface area contributed by atoms with E-state index >= 15 is 0 Å². The van der Waals surface area contributed by atoms with Crippen LogP contribution in [-0.4, -0.2) is 25.2 Å². The molecule has 0 bridgehead atoms. The van der Waals surface area contributed by atoms with Crippen LogP contribution in [0.4, 0.5) is 5.69 Å². The van der Waals surface area contributed by atoms with Crippen molar-refractivity contribution in [1.82, 2.24) is 5.32 Å². The number of nitrogens with zero attached hydrogens (tertiary/aromatic N) is 1. The lowest BCUT2D eigenvalue weighted by atomic mass is 10.0. The Labute approximate surface area is 145 Å². The molecule has 0 amide bonds. The van der Waals surface area contributed by atoms with E-state index in [9.17, 15) is 0 Å². The summed E-state index contributed by atoms with van der Waals surface area (Å²) in [6.45, 7) is 2.35. The first-order valence-electron chi connectivity index (χ1n) is 9.52. The maximum atomic E-state index is 3.71. The predicted octanol–water partition coefficient (Wildman–Crippen LogP) is 4.19. The first kappa shape index (κ1) is 15.7. The molecule has 1 aliphatic carbocycles. The second-order valence-corrected chi connectivity index (χ2v) is 7.30. The average molecular weight is 320 g/mol. The molecule has 1 saturated heterocycles. The molecular formula is C22H28N2. The molecular weight excluding hydrogens is 292 g/mol. The Morgan fingerprint density at radius 3 is 2.25 bits per heavy atom. The van der Waals surface area contributed by atoms with Crippen LogP contribution >= 0.6 is 0 Å². The highest BCUT2D eigenvalue weighted by molar-refractivity contribution is 5.49. The number of fused-ring (bicyclic) bond motifs is 1. The van der Waals surface area contributed by atoms with Gasteiger partial charge < -0.3 is 10.2 Å². The Kier molecular flexibility index (Phi) is 4.84. The van der Waals surface area contributed by atoms with Crippen LogP contribution in [0.3, 0.4) is 0 Å². The summed E-state index contributed by atoms with van der Waals surface area (Å²) in [5.41, 5.74) is 4.46. The van der Waals surface area contributed by atoms with Crippen molar-refractivity contribution in [3.8, 4) is 0 Å². The first-order valence-corrected chi connectivity index (χ1v) is 9.52. The molecule has 0 saturated carbocycles. The van der Waals surface area contributed by atoms with Crippen molar-refractivity contribution in [2.24, 2.45) is 0 Å². The molecule has 1 heterocycles. The molecule has 0 aromatic heterocycles. The number of para-hydroxylation sites is 1. The molecule has 0 spiro atoms. The van der Waals surface area contributed by atoms with E-state index in [1.54, 1.807) is 11.1 Å². The zero-order chi connectivity index (χ0) is 16.2. The molecule has 2 aromatic rings. The third-order valence-corrected chi connectivity index (χ3v) is 5.69. The summed E-state index contributed by atoms with van der Waals surface area (Å²) >= 11 is 0. The zero-order valence-corrected chi connectivity index (χ0v) is 14.5. The smallest absolute Gasteiger partial charge is 0.0370 e. The Morgan fingerprint density at radius 1 is 0.875 bits per heavy atom. The number of piperidine rings is 1. The van der Waals surface area contributed by atoms with Crippen LogP contribution in [0.25, 0.3) is 0 Å². The molecule has 0 unspecified atom stereocenters. The van der Waals surface area contributed by atoms with Crippen LogP contribution in [0.1, 0.15) is 36.8 Å². The van der Waals surface area contributed by atoms with Gasteiger partial charge in [-0.2, -0.15) is 0 Å². The molecule has 4 rings (SSSR count). The van der Waals surface area contributed by atoms with Crippen molar-refractivity contribution in [1.29, 1.82) is 0 Å². The monoisotopic (exact) mass is 320 g/mol. The van der Waals surface area contributed by atoms with Crippen molar-refractivity contribution < 1.29 is 0 Å². The highest BCUT2D eigenvalue weighted by atomic mass is 15.2. The molecule has 2 nitrogen and oxygen atoms in total. The van der Waals surface area contributed by atoms with E-state index in [2.05, 4.69) is 64.8 Å². The van der Waals surface area contributed by atoms with E-state index in [0.29, 0.717) is 12.1 Å². The number of benzene rings is 2. The van der Waals surface area contributed by atoms with Crippen LogP contribution in [0, 0.1) is 0 Å². The number of hydrogen-bond donors (Lipinski definition) is 1. The van der Waals surface area contributed by atoms with Gasteiger partial charge in [0.05, 0.1) is 0 Å². The van der Waals surface area contributed by atoms with E-state index in [4.69, 9.17) is 0 Å². The number of rotatable bonds is 5. The minimum absolute atomic E-state index is 0.605. The van der Waals surface area contributed by atoms with Gasteiger partial charge in [-0.15, -0.1) is 0 Å². The Hall–Kier alpha value is -1.80. The van der Waals surface area contributed by atoms with E-state index < -0.39 is 0 Å². The zero-order valence-electron chi connectivity index (χ0n) is 14.5. The molecule has 2 aliphatic rings. The Balaban J connectivity index is 1.49. The van der Waals surface area contributed by atoms with Crippen molar-refractivity contribution >= 4 is 5.69 Å². The molecule has 0 radical (unpaired) electrons. The molecule has 24 heavy (non-hydrogen) atoms. The highest BCUT2D eigenvalue weighted by Crippen LogP contribution is 2.29. The van der Waals surface area contributed by atoms with Gasteiger partial charge in [0.2, 0.25) is 0 Å². The van der Waals surface area contributed by atoms with Crippen molar-refractivity contribution in [2.45, 2.75) is 50.6 Å². The fourth-order valence-electron chi connectivity index (χ4n) is 4.36. The summed E-state index contributed by atoms with van der Waals surface area (Å²) in [5, 5.41) is 3.71. The standard InChI is InChI=1S/C22H28N2/c1-2-11-21(12-3-1)24(15-13-20-10-6-7-14-23-20)22-16-18-8-4-5-9-19(18)17-22/h1-5,8-9,11-12,20,22-23H,6-7,10,13-17H2/t20-/m0/s1. The third kappa shape index (κ3) is 3.49. The molecule has 1 atom stereocenters. The maximum Gasteiger partial charge on any atom is 0.0370 e. The van der Waals surface area contributed by atoms with E-state index in [0.717, 1.165) is 6.54 Å². The summed E-state index contributed by atoms with van der Waals surface area (Å²) in [5.74, 6) is 0. The van der Waals surface area contributed by atoms with Gasteiger partial charge in [0.1, 0.15) is 0 Å². The molecule has 2 aromatic carbocycles. The van der Waals surface area contributed by atoms with E-state index in [1.165, 1.54) is 50.8 Å². The van der Waals surface area contributed by atoms with Gasteiger partial charge in [0, 0.05) is 24.3 Å². The maximum absolute atomic E-state index is 3.71. The molecule has 1 N–H and O–H groups in total. The van der Waals surface area contributed by atoms with E-state index in [-0.39, 0.29) is 0 Å². The predicted molar refractivity (Wildman–Crippen MR) is 102 cm³/mol. The second kappa shape index (κ2) is 7.40. The number of nitrogens with one attached hydrogen (secondary N) is 1. The fourth-order valence-corrected chi connectivity index (χ4v) is 4.36. The molecule has 126 valence electrons.